The Labute approximate surface area is 174 Å². The summed E-state index contributed by atoms with van der Waals surface area (Å²) in [4.78, 5) is 17.4. The fraction of sp³-hybridized carbons (Fsp3) is 0.200. The Bertz CT molecular complexity index is 1140. The van der Waals surface area contributed by atoms with Crippen LogP contribution in [0.4, 0.5) is 0 Å². The number of rotatable bonds is 6. The van der Waals surface area contributed by atoms with Crippen LogP contribution in [0, 0.1) is 0 Å². The minimum atomic E-state index is -3.48. The molecule has 29 heavy (non-hydrogen) atoms. The van der Waals surface area contributed by atoms with Crippen LogP contribution < -0.4 is 10.1 Å². The molecule has 0 unspecified atom stereocenters. The van der Waals surface area contributed by atoms with E-state index in [1.54, 1.807) is 36.2 Å². The number of carbonyl (C=O) groups is 1. The van der Waals surface area contributed by atoms with E-state index in [9.17, 15) is 13.2 Å². The van der Waals surface area contributed by atoms with Gasteiger partial charge in [-0.3, -0.25) is 4.79 Å². The first-order valence-electron chi connectivity index (χ1n) is 8.62. The van der Waals surface area contributed by atoms with Gasteiger partial charge in [0.05, 0.1) is 22.6 Å². The molecule has 1 N–H and O–H groups in total. The summed E-state index contributed by atoms with van der Waals surface area (Å²) in [7, 11) is -0.0880. The largest absolute Gasteiger partial charge is 0.497 e. The number of imidazole rings is 1. The maximum atomic E-state index is 13.0. The molecule has 2 aromatic carbocycles. The van der Waals surface area contributed by atoms with Crippen molar-refractivity contribution >= 4 is 27.3 Å². The van der Waals surface area contributed by atoms with Gasteiger partial charge in [0.2, 0.25) is 0 Å². The minimum Gasteiger partial charge on any atom is -0.497 e. The maximum absolute atomic E-state index is 13.0. The van der Waals surface area contributed by atoms with Gasteiger partial charge >= 0.3 is 0 Å². The lowest BCUT2D eigenvalue weighted by Gasteiger charge is -2.20. The maximum Gasteiger partial charge on any atom is 0.253 e. The number of benzene rings is 2. The SMILES string of the molecule is COc1ccc([C@H](NC(=O)c2cc(S(C)(=O)=O)ccc2Cl)c2nccn2C)cc1. The molecule has 1 amide bonds. The lowest BCUT2D eigenvalue weighted by atomic mass is 10.0. The number of sulfone groups is 1. The molecule has 0 saturated heterocycles. The van der Waals surface area contributed by atoms with Crippen molar-refractivity contribution in [2.75, 3.05) is 13.4 Å². The number of ether oxygens (including phenoxy) is 1. The van der Waals surface area contributed by atoms with Crippen molar-refractivity contribution < 1.29 is 17.9 Å². The number of aromatic nitrogens is 2. The zero-order chi connectivity index (χ0) is 21.2. The van der Waals surface area contributed by atoms with Crippen molar-refractivity contribution in [1.82, 2.24) is 14.9 Å². The molecule has 0 radical (unpaired) electrons. The third-order valence-corrected chi connectivity index (χ3v) is 5.89. The Hall–Kier alpha value is -2.84. The molecule has 3 aromatic rings. The molecular formula is C20H20ClN3O4S. The second kappa shape index (κ2) is 8.26. The predicted molar refractivity (Wildman–Crippen MR) is 110 cm³/mol. The van der Waals surface area contributed by atoms with Gasteiger partial charge in [-0.1, -0.05) is 23.7 Å². The molecule has 0 aliphatic heterocycles. The smallest absolute Gasteiger partial charge is 0.253 e. The second-order valence-corrected chi connectivity index (χ2v) is 8.91. The van der Waals surface area contributed by atoms with Crippen molar-refractivity contribution in [2.45, 2.75) is 10.9 Å². The standard InChI is InChI=1S/C20H20ClN3O4S/c1-24-11-10-22-19(24)18(13-4-6-14(28-2)7-5-13)23-20(25)16-12-15(29(3,26)27)8-9-17(16)21/h4-12,18H,1-3H3,(H,23,25)/t18-/m0/s1. The normalized spacial score (nSPS) is 12.4. The zero-order valence-corrected chi connectivity index (χ0v) is 17.7. The first-order chi connectivity index (χ1) is 13.7. The third kappa shape index (κ3) is 4.60. The number of nitrogens with zero attached hydrogens (tertiary/aromatic N) is 2. The van der Waals surface area contributed by atoms with Crippen molar-refractivity contribution in [2.24, 2.45) is 7.05 Å². The fourth-order valence-electron chi connectivity index (χ4n) is 2.87. The number of aryl methyl sites for hydroxylation is 1. The monoisotopic (exact) mass is 433 g/mol. The van der Waals surface area contributed by atoms with Crippen molar-refractivity contribution in [3.05, 3.63) is 76.8 Å². The molecular weight excluding hydrogens is 414 g/mol. The summed E-state index contributed by atoms with van der Waals surface area (Å²) >= 11 is 6.17. The van der Waals surface area contributed by atoms with Gasteiger partial charge in [0.1, 0.15) is 17.6 Å². The number of hydrogen-bond donors (Lipinski definition) is 1. The summed E-state index contributed by atoms with van der Waals surface area (Å²) in [5.74, 6) is 0.783. The molecule has 0 fully saturated rings. The first kappa shape index (κ1) is 20.9. The lowest BCUT2D eigenvalue weighted by Crippen LogP contribution is -2.31. The van der Waals surface area contributed by atoms with Crippen LogP contribution in [0.2, 0.25) is 5.02 Å². The van der Waals surface area contributed by atoms with Gasteiger partial charge in [-0.05, 0) is 35.9 Å². The van der Waals surface area contributed by atoms with Crippen LogP contribution in [0.25, 0.3) is 0 Å². The van der Waals surface area contributed by atoms with Gasteiger partial charge in [-0.2, -0.15) is 0 Å². The highest BCUT2D eigenvalue weighted by molar-refractivity contribution is 7.90. The van der Waals surface area contributed by atoms with Crippen LogP contribution in [0.3, 0.4) is 0 Å². The molecule has 0 spiro atoms. The highest BCUT2D eigenvalue weighted by atomic mass is 35.5. The van der Waals surface area contributed by atoms with E-state index in [-0.39, 0.29) is 15.5 Å². The summed E-state index contributed by atoms with van der Waals surface area (Å²) in [6.07, 6.45) is 4.48. The third-order valence-electron chi connectivity index (χ3n) is 4.45. The summed E-state index contributed by atoms with van der Waals surface area (Å²) in [6, 6.07) is 10.7. The van der Waals surface area contributed by atoms with Gasteiger partial charge in [0.15, 0.2) is 9.84 Å². The van der Waals surface area contributed by atoms with Crippen LogP contribution >= 0.6 is 11.6 Å². The molecule has 0 aliphatic carbocycles. The van der Waals surface area contributed by atoms with E-state index in [0.717, 1.165) is 11.8 Å². The number of amides is 1. The summed E-state index contributed by atoms with van der Waals surface area (Å²) in [6.45, 7) is 0. The van der Waals surface area contributed by atoms with Crippen LogP contribution in [0.15, 0.2) is 59.8 Å². The molecule has 9 heteroatoms. The molecule has 0 saturated carbocycles. The average molecular weight is 434 g/mol. The average Bonchev–Trinajstić information content (AvgIpc) is 3.11. The molecule has 1 aromatic heterocycles. The Balaban J connectivity index is 2.00. The van der Waals surface area contributed by atoms with Gasteiger partial charge in [0, 0.05) is 25.7 Å². The summed E-state index contributed by atoms with van der Waals surface area (Å²) in [5.41, 5.74) is 0.853. The van der Waals surface area contributed by atoms with Crippen LogP contribution in [-0.2, 0) is 16.9 Å². The molecule has 7 nitrogen and oxygen atoms in total. The lowest BCUT2D eigenvalue weighted by molar-refractivity contribution is 0.0941. The quantitative estimate of drug-likeness (QED) is 0.645. The van der Waals surface area contributed by atoms with Crippen LogP contribution in [-0.4, -0.2) is 37.2 Å². The Kier molecular flexibility index (Phi) is 5.95. The van der Waals surface area contributed by atoms with E-state index in [2.05, 4.69) is 10.3 Å². The van der Waals surface area contributed by atoms with Crippen molar-refractivity contribution in [3.63, 3.8) is 0 Å². The Morgan fingerprint density at radius 1 is 1.21 bits per heavy atom. The molecule has 1 heterocycles. The van der Waals surface area contributed by atoms with E-state index in [1.165, 1.54) is 18.2 Å². The van der Waals surface area contributed by atoms with E-state index >= 15 is 0 Å². The second-order valence-electron chi connectivity index (χ2n) is 6.49. The van der Waals surface area contributed by atoms with E-state index in [0.29, 0.717) is 11.6 Å². The molecule has 3 rings (SSSR count). The van der Waals surface area contributed by atoms with Crippen molar-refractivity contribution in [1.29, 1.82) is 0 Å². The van der Waals surface area contributed by atoms with Gasteiger partial charge < -0.3 is 14.6 Å². The highest BCUT2D eigenvalue weighted by Gasteiger charge is 2.23. The molecule has 152 valence electrons. The van der Waals surface area contributed by atoms with Gasteiger partial charge in [-0.15, -0.1) is 0 Å². The fourth-order valence-corrected chi connectivity index (χ4v) is 3.72. The van der Waals surface area contributed by atoms with E-state index < -0.39 is 21.8 Å². The van der Waals surface area contributed by atoms with Crippen LogP contribution in [0.1, 0.15) is 27.8 Å². The highest BCUT2D eigenvalue weighted by Crippen LogP contribution is 2.26. The topological polar surface area (TPSA) is 90.3 Å². The summed E-state index contributed by atoms with van der Waals surface area (Å²) in [5, 5.41) is 3.06. The Morgan fingerprint density at radius 3 is 2.45 bits per heavy atom. The molecule has 0 aliphatic rings. The van der Waals surface area contributed by atoms with E-state index in [4.69, 9.17) is 16.3 Å². The number of hydrogen-bond acceptors (Lipinski definition) is 5. The summed E-state index contributed by atoms with van der Waals surface area (Å²) < 4.78 is 30.7. The Morgan fingerprint density at radius 2 is 1.90 bits per heavy atom. The van der Waals surface area contributed by atoms with E-state index in [1.807, 2.05) is 19.2 Å². The van der Waals surface area contributed by atoms with Gasteiger partial charge in [0.25, 0.3) is 5.91 Å². The molecule has 0 bridgehead atoms. The minimum absolute atomic E-state index is 0.0186. The number of methoxy groups -OCH3 is 1. The van der Waals surface area contributed by atoms with Crippen LogP contribution in [0.5, 0.6) is 5.75 Å². The van der Waals surface area contributed by atoms with Gasteiger partial charge in [-0.25, -0.2) is 13.4 Å². The first-order valence-corrected chi connectivity index (χ1v) is 10.9. The number of carbonyl (C=O) groups excluding carboxylic acids is 1. The van der Waals surface area contributed by atoms with Crippen molar-refractivity contribution in [3.8, 4) is 5.75 Å². The zero-order valence-electron chi connectivity index (χ0n) is 16.1. The number of nitrogens with one attached hydrogen (secondary N) is 1. The number of halogens is 1. The molecule has 1 atom stereocenters. The predicted octanol–water partition coefficient (Wildman–Crippen LogP) is 3.01.